The van der Waals surface area contributed by atoms with Crippen LogP contribution >= 0.6 is 24.0 Å². The molecular weight excluding hydrogens is 520 g/mol. The minimum absolute atomic E-state index is 0. The van der Waals surface area contributed by atoms with Crippen LogP contribution in [-0.2, 0) is 20.1 Å². The van der Waals surface area contributed by atoms with E-state index in [1.165, 1.54) is 5.56 Å². The molecule has 2 N–H and O–H groups in total. The zero-order chi connectivity index (χ0) is 22.4. The van der Waals surface area contributed by atoms with Gasteiger partial charge in [0.2, 0.25) is 0 Å². The highest BCUT2D eigenvalue weighted by atomic mass is 127. The van der Waals surface area contributed by atoms with Crippen molar-refractivity contribution >= 4 is 35.6 Å². The number of benzene rings is 1. The molecule has 32 heavy (non-hydrogen) atoms. The van der Waals surface area contributed by atoms with Crippen LogP contribution in [0, 0.1) is 19.7 Å². The molecule has 2 aromatic rings. The van der Waals surface area contributed by atoms with Crippen molar-refractivity contribution in [3.05, 3.63) is 46.5 Å². The maximum atomic E-state index is 14.8. The first-order chi connectivity index (χ1) is 14.9. The Hall–Kier alpha value is -1.88. The summed E-state index contributed by atoms with van der Waals surface area (Å²) >= 11 is 0. The molecule has 0 amide bonds. The standard InChI is InChI=1S/C23H36FN7.HI/c1-6-25-23(27-16-20-17(3)28-29(5)18(20)4)26-15-19-8-9-22(21(24)14-19)31-12-10-30(7-2)11-13-31;/h8-9,14H,6-7,10-13,15-16H2,1-5H3,(H2,25,26,27);1H. The second-order valence-corrected chi connectivity index (χ2v) is 8.03. The van der Waals surface area contributed by atoms with Crippen molar-refractivity contribution in [2.45, 2.75) is 40.8 Å². The second-order valence-electron chi connectivity index (χ2n) is 8.03. The van der Waals surface area contributed by atoms with E-state index in [1.807, 2.05) is 37.7 Å². The number of hydrogen-bond acceptors (Lipinski definition) is 4. The van der Waals surface area contributed by atoms with E-state index in [1.54, 1.807) is 6.07 Å². The number of rotatable bonds is 7. The molecule has 1 aromatic carbocycles. The number of hydrogen-bond donors (Lipinski definition) is 2. The molecule has 0 bridgehead atoms. The minimum Gasteiger partial charge on any atom is -0.367 e. The molecule has 2 heterocycles. The largest absolute Gasteiger partial charge is 0.367 e. The molecule has 0 spiro atoms. The number of anilines is 1. The molecule has 3 rings (SSSR count). The highest BCUT2D eigenvalue weighted by Gasteiger charge is 2.18. The Morgan fingerprint density at radius 3 is 2.41 bits per heavy atom. The van der Waals surface area contributed by atoms with E-state index in [0.717, 1.165) is 56.2 Å². The lowest BCUT2D eigenvalue weighted by Gasteiger charge is -2.35. The summed E-state index contributed by atoms with van der Waals surface area (Å²) in [7, 11) is 1.95. The van der Waals surface area contributed by atoms with Crippen molar-refractivity contribution in [2.75, 3.05) is 44.2 Å². The molecule has 1 aliphatic rings. The number of aryl methyl sites for hydroxylation is 2. The second kappa shape index (κ2) is 12.4. The van der Waals surface area contributed by atoms with Gasteiger partial charge in [-0.05, 0) is 45.0 Å². The van der Waals surface area contributed by atoms with Gasteiger partial charge in [-0.15, -0.1) is 24.0 Å². The van der Waals surface area contributed by atoms with Crippen LogP contribution in [0.15, 0.2) is 23.2 Å². The topological polar surface area (TPSA) is 60.7 Å². The van der Waals surface area contributed by atoms with E-state index in [4.69, 9.17) is 0 Å². The fourth-order valence-electron chi connectivity index (χ4n) is 3.97. The van der Waals surface area contributed by atoms with Crippen molar-refractivity contribution in [1.82, 2.24) is 25.3 Å². The zero-order valence-corrected chi connectivity index (χ0v) is 22.2. The maximum absolute atomic E-state index is 14.8. The third-order valence-corrected chi connectivity index (χ3v) is 6.03. The van der Waals surface area contributed by atoms with Gasteiger partial charge in [0.15, 0.2) is 5.96 Å². The normalized spacial score (nSPS) is 14.9. The van der Waals surface area contributed by atoms with E-state index < -0.39 is 0 Å². The molecule has 1 fully saturated rings. The van der Waals surface area contributed by atoms with Crippen LogP contribution in [0.5, 0.6) is 0 Å². The smallest absolute Gasteiger partial charge is 0.191 e. The molecule has 9 heteroatoms. The SMILES string of the molecule is CCNC(=NCc1ccc(N2CCN(CC)CC2)c(F)c1)NCc1c(C)nn(C)c1C.I. The number of nitrogens with zero attached hydrogens (tertiary/aromatic N) is 5. The molecule has 178 valence electrons. The first kappa shape index (κ1) is 26.4. The monoisotopic (exact) mass is 557 g/mol. The van der Waals surface area contributed by atoms with Crippen LogP contribution in [0.3, 0.4) is 0 Å². The Labute approximate surface area is 208 Å². The first-order valence-corrected chi connectivity index (χ1v) is 11.2. The molecule has 7 nitrogen and oxygen atoms in total. The van der Waals surface area contributed by atoms with Gasteiger partial charge >= 0.3 is 0 Å². The van der Waals surface area contributed by atoms with Gasteiger partial charge < -0.3 is 20.4 Å². The first-order valence-electron chi connectivity index (χ1n) is 11.2. The van der Waals surface area contributed by atoms with Gasteiger partial charge in [-0.2, -0.15) is 5.10 Å². The summed E-state index contributed by atoms with van der Waals surface area (Å²) in [5.41, 5.74) is 4.88. The minimum atomic E-state index is -0.169. The van der Waals surface area contributed by atoms with E-state index in [0.29, 0.717) is 24.7 Å². The Balaban J connectivity index is 0.00000363. The van der Waals surface area contributed by atoms with Crippen LogP contribution in [0.25, 0.3) is 0 Å². The molecule has 1 aliphatic heterocycles. The Morgan fingerprint density at radius 2 is 1.84 bits per heavy atom. The number of halogens is 2. The lowest BCUT2D eigenvalue weighted by molar-refractivity contribution is 0.270. The molecule has 1 aromatic heterocycles. The van der Waals surface area contributed by atoms with Crippen LogP contribution in [0.2, 0.25) is 0 Å². The van der Waals surface area contributed by atoms with Gasteiger partial charge in [-0.3, -0.25) is 4.68 Å². The average molecular weight is 558 g/mol. The van der Waals surface area contributed by atoms with E-state index >= 15 is 0 Å². The van der Waals surface area contributed by atoms with Crippen molar-refractivity contribution in [2.24, 2.45) is 12.0 Å². The van der Waals surface area contributed by atoms with Gasteiger partial charge in [0.25, 0.3) is 0 Å². The number of nitrogens with one attached hydrogen (secondary N) is 2. The quantitative estimate of drug-likeness (QED) is 0.311. The maximum Gasteiger partial charge on any atom is 0.191 e. The highest BCUT2D eigenvalue weighted by molar-refractivity contribution is 14.0. The lowest BCUT2D eigenvalue weighted by Crippen LogP contribution is -2.46. The molecule has 0 unspecified atom stereocenters. The number of likely N-dealkylation sites (N-methyl/N-ethyl adjacent to an activating group) is 1. The number of aliphatic imine (C=N–C) groups is 1. The Bertz CT molecular complexity index is 904. The Kier molecular flexibility index (Phi) is 10.2. The molecule has 0 atom stereocenters. The summed E-state index contributed by atoms with van der Waals surface area (Å²) in [6, 6.07) is 5.49. The average Bonchev–Trinajstić information content (AvgIpc) is 3.01. The van der Waals surface area contributed by atoms with E-state index in [9.17, 15) is 4.39 Å². The highest BCUT2D eigenvalue weighted by Crippen LogP contribution is 2.22. The third kappa shape index (κ3) is 6.57. The molecular formula is C23H37FIN7. The van der Waals surface area contributed by atoms with Crippen LogP contribution in [-0.4, -0.2) is 59.9 Å². The van der Waals surface area contributed by atoms with Gasteiger partial charge in [-0.1, -0.05) is 13.0 Å². The molecule has 0 saturated carbocycles. The van der Waals surface area contributed by atoms with E-state index in [-0.39, 0.29) is 29.8 Å². The van der Waals surface area contributed by atoms with Crippen LogP contribution in [0.1, 0.15) is 36.4 Å². The molecule has 0 aliphatic carbocycles. The van der Waals surface area contributed by atoms with Crippen molar-refractivity contribution < 1.29 is 4.39 Å². The summed E-state index contributed by atoms with van der Waals surface area (Å²) in [5, 5.41) is 11.1. The summed E-state index contributed by atoms with van der Waals surface area (Å²) < 4.78 is 16.7. The summed E-state index contributed by atoms with van der Waals surface area (Å²) in [6.45, 7) is 14.8. The van der Waals surface area contributed by atoms with Crippen molar-refractivity contribution in [3.63, 3.8) is 0 Å². The van der Waals surface area contributed by atoms with Crippen molar-refractivity contribution in [3.8, 4) is 0 Å². The molecule has 1 saturated heterocycles. The van der Waals surface area contributed by atoms with Crippen LogP contribution in [0.4, 0.5) is 10.1 Å². The number of guanidine groups is 1. The van der Waals surface area contributed by atoms with Gasteiger partial charge in [0.1, 0.15) is 5.82 Å². The fourth-order valence-corrected chi connectivity index (χ4v) is 3.97. The Morgan fingerprint density at radius 1 is 1.12 bits per heavy atom. The van der Waals surface area contributed by atoms with Gasteiger partial charge in [0.05, 0.1) is 17.9 Å². The lowest BCUT2D eigenvalue weighted by atomic mass is 10.1. The number of aromatic nitrogens is 2. The predicted octanol–water partition coefficient (Wildman–Crippen LogP) is 3.19. The van der Waals surface area contributed by atoms with Crippen molar-refractivity contribution in [1.29, 1.82) is 0 Å². The fraction of sp³-hybridized carbons (Fsp3) is 0.565. The van der Waals surface area contributed by atoms with Gasteiger partial charge in [-0.25, -0.2) is 9.38 Å². The van der Waals surface area contributed by atoms with E-state index in [2.05, 4.69) is 44.4 Å². The summed E-state index contributed by atoms with van der Waals surface area (Å²) in [5.74, 6) is 0.544. The predicted molar refractivity (Wildman–Crippen MR) is 140 cm³/mol. The van der Waals surface area contributed by atoms with Crippen LogP contribution < -0.4 is 15.5 Å². The molecule has 0 radical (unpaired) electrons. The summed E-state index contributed by atoms with van der Waals surface area (Å²) in [4.78, 5) is 9.18. The third-order valence-electron chi connectivity index (χ3n) is 6.03. The van der Waals surface area contributed by atoms with Gasteiger partial charge in [0, 0.05) is 57.6 Å². The number of piperazine rings is 1. The zero-order valence-electron chi connectivity index (χ0n) is 19.9. The summed E-state index contributed by atoms with van der Waals surface area (Å²) in [6.07, 6.45) is 0.